The maximum atomic E-state index is 12.0. The van der Waals surface area contributed by atoms with E-state index in [-0.39, 0.29) is 17.6 Å². The molecule has 1 amide bonds. The lowest BCUT2D eigenvalue weighted by molar-refractivity contribution is -0.111. The molecular weight excluding hydrogens is 320 g/mol. The Bertz CT molecular complexity index is 774. The fraction of sp³-hybridized carbons (Fsp3) is 0.211. The number of carbonyl (C=O) groups is 1. The molecule has 0 aliphatic heterocycles. The highest BCUT2D eigenvalue weighted by Crippen LogP contribution is 2.31. The number of ether oxygens (including phenoxy) is 1. The smallest absolute Gasteiger partial charge is 0.248 e. The largest absolute Gasteiger partial charge is 0.504 e. The Balaban J connectivity index is 2.01. The Hall–Kier alpha value is -2.99. The van der Waals surface area contributed by atoms with Crippen LogP contribution in [0.2, 0.25) is 0 Å². The molecular formula is C19H22N2O4. The summed E-state index contributed by atoms with van der Waals surface area (Å²) in [6.45, 7) is 1.77. The van der Waals surface area contributed by atoms with Gasteiger partial charge in [-0.1, -0.05) is 31.2 Å². The van der Waals surface area contributed by atoms with Crippen molar-refractivity contribution in [1.82, 2.24) is 0 Å². The summed E-state index contributed by atoms with van der Waals surface area (Å²) in [5.74, 6) is -0.396. The van der Waals surface area contributed by atoms with Crippen LogP contribution in [-0.2, 0) is 4.79 Å². The van der Waals surface area contributed by atoms with Gasteiger partial charge in [0.25, 0.3) is 0 Å². The van der Waals surface area contributed by atoms with Gasteiger partial charge in [0.1, 0.15) is 0 Å². The molecule has 2 aromatic rings. The molecule has 0 saturated carbocycles. The van der Waals surface area contributed by atoms with Gasteiger partial charge < -0.3 is 26.0 Å². The van der Waals surface area contributed by atoms with Crippen molar-refractivity contribution in [3.8, 4) is 11.5 Å². The third-order valence-electron chi connectivity index (χ3n) is 3.81. The first-order valence-electron chi connectivity index (χ1n) is 7.81. The number of nitrogens with two attached hydrogens (primary N) is 1. The molecule has 2 atom stereocenters. The van der Waals surface area contributed by atoms with Crippen molar-refractivity contribution in [2.45, 2.75) is 13.0 Å². The van der Waals surface area contributed by atoms with Gasteiger partial charge in [-0.3, -0.25) is 4.79 Å². The zero-order valence-corrected chi connectivity index (χ0v) is 14.1. The number of methoxy groups -OCH3 is 1. The minimum atomic E-state index is -0.873. The number of para-hydroxylation sites is 2. The minimum absolute atomic E-state index is 0.0486. The summed E-state index contributed by atoms with van der Waals surface area (Å²) >= 11 is 0. The number of amides is 1. The van der Waals surface area contributed by atoms with Gasteiger partial charge in [-0.2, -0.15) is 0 Å². The Morgan fingerprint density at radius 1 is 1.28 bits per heavy atom. The predicted molar refractivity (Wildman–Crippen MR) is 97.4 cm³/mol. The summed E-state index contributed by atoms with van der Waals surface area (Å²) in [7, 11) is 1.45. The number of aliphatic hydroxyl groups is 1. The first-order valence-corrected chi connectivity index (χ1v) is 7.81. The van der Waals surface area contributed by atoms with Crippen LogP contribution in [0.4, 0.5) is 11.4 Å². The summed E-state index contributed by atoms with van der Waals surface area (Å²) in [6.07, 6.45) is 2.08. The molecule has 0 aliphatic rings. The number of phenolic OH excluding ortho intramolecular Hbond substituents is 1. The topological polar surface area (TPSA) is 105 Å². The molecule has 0 spiro atoms. The molecule has 5 N–H and O–H groups in total. The number of benzene rings is 2. The van der Waals surface area contributed by atoms with Crippen LogP contribution in [0.1, 0.15) is 18.6 Å². The van der Waals surface area contributed by atoms with Crippen LogP contribution in [0.25, 0.3) is 0 Å². The first-order chi connectivity index (χ1) is 11.9. The summed E-state index contributed by atoms with van der Waals surface area (Å²) in [6, 6.07) is 11.6. The number of nitrogen functional groups attached to an aromatic ring is 1. The van der Waals surface area contributed by atoms with E-state index in [0.717, 1.165) is 0 Å². The maximum Gasteiger partial charge on any atom is 0.248 e. The number of hydrogen-bond donors (Lipinski definition) is 4. The molecule has 0 bridgehead atoms. The first kappa shape index (κ1) is 18.4. The lowest BCUT2D eigenvalue weighted by Gasteiger charge is -2.17. The van der Waals surface area contributed by atoms with Crippen molar-refractivity contribution in [3.05, 3.63) is 60.2 Å². The molecule has 6 heteroatoms. The van der Waals surface area contributed by atoms with Gasteiger partial charge in [-0.15, -0.1) is 0 Å². The lowest BCUT2D eigenvalue weighted by Crippen LogP contribution is -2.12. The van der Waals surface area contributed by atoms with Gasteiger partial charge in [0, 0.05) is 5.92 Å². The van der Waals surface area contributed by atoms with Gasteiger partial charge in [-0.05, 0) is 35.9 Å². The molecule has 0 saturated heterocycles. The fourth-order valence-corrected chi connectivity index (χ4v) is 2.32. The third-order valence-corrected chi connectivity index (χ3v) is 3.81. The Kier molecular flexibility index (Phi) is 6.03. The zero-order chi connectivity index (χ0) is 18.4. The molecule has 0 fully saturated rings. The van der Waals surface area contributed by atoms with E-state index in [2.05, 4.69) is 5.32 Å². The van der Waals surface area contributed by atoms with E-state index in [1.165, 1.54) is 19.3 Å². The van der Waals surface area contributed by atoms with Crippen LogP contribution in [0.15, 0.2) is 54.6 Å². The van der Waals surface area contributed by atoms with E-state index in [1.807, 2.05) is 0 Å². The van der Waals surface area contributed by atoms with Crippen LogP contribution < -0.4 is 15.8 Å². The number of rotatable bonds is 6. The maximum absolute atomic E-state index is 12.0. The second-order valence-electron chi connectivity index (χ2n) is 5.67. The van der Waals surface area contributed by atoms with Gasteiger partial charge in [0.15, 0.2) is 11.5 Å². The Labute approximate surface area is 146 Å². The van der Waals surface area contributed by atoms with Crippen LogP contribution >= 0.6 is 0 Å². The molecule has 25 heavy (non-hydrogen) atoms. The lowest BCUT2D eigenvalue weighted by atomic mass is 9.96. The van der Waals surface area contributed by atoms with Crippen LogP contribution in [0.3, 0.4) is 0 Å². The number of aliphatic hydroxyl groups excluding tert-OH is 1. The second kappa shape index (κ2) is 8.21. The second-order valence-corrected chi connectivity index (χ2v) is 5.67. The number of phenols is 1. The van der Waals surface area contributed by atoms with Gasteiger partial charge in [0.05, 0.1) is 24.6 Å². The van der Waals surface area contributed by atoms with Crippen molar-refractivity contribution < 1.29 is 19.7 Å². The van der Waals surface area contributed by atoms with E-state index >= 15 is 0 Å². The molecule has 0 aliphatic carbocycles. The predicted octanol–water partition coefficient (Wildman–Crippen LogP) is 2.85. The van der Waals surface area contributed by atoms with Crippen LogP contribution in [0, 0.1) is 5.92 Å². The summed E-state index contributed by atoms with van der Waals surface area (Å²) in [5, 5.41) is 22.8. The van der Waals surface area contributed by atoms with Gasteiger partial charge in [-0.25, -0.2) is 0 Å². The molecule has 0 heterocycles. The standard InChI is InChI=1S/C19H22N2O4/c1-12(19(24)13-8-9-17(25-2)16(22)11-13)7-10-18(23)21-15-6-4-3-5-14(15)20/h3-12,19,22,24H,20H2,1-2H3,(H,21,23)/b10-7+/t12-,19+/m0/s1. The molecule has 2 aromatic carbocycles. The van der Waals surface area contributed by atoms with E-state index < -0.39 is 6.10 Å². The van der Waals surface area contributed by atoms with E-state index in [0.29, 0.717) is 22.7 Å². The number of aromatic hydroxyl groups is 1. The highest BCUT2D eigenvalue weighted by Gasteiger charge is 2.16. The monoisotopic (exact) mass is 342 g/mol. The Morgan fingerprint density at radius 3 is 2.64 bits per heavy atom. The summed E-state index contributed by atoms with van der Waals surface area (Å²) in [5.41, 5.74) is 7.32. The van der Waals surface area contributed by atoms with Crippen molar-refractivity contribution in [1.29, 1.82) is 0 Å². The van der Waals surface area contributed by atoms with Gasteiger partial charge >= 0.3 is 0 Å². The summed E-state index contributed by atoms with van der Waals surface area (Å²) in [4.78, 5) is 12.0. The number of anilines is 2. The number of nitrogens with one attached hydrogen (secondary N) is 1. The minimum Gasteiger partial charge on any atom is -0.504 e. The fourth-order valence-electron chi connectivity index (χ4n) is 2.32. The molecule has 0 radical (unpaired) electrons. The van der Waals surface area contributed by atoms with Crippen LogP contribution in [0.5, 0.6) is 11.5 Å². The van der Waals surface area contributed by atoms with E-state index in [9.17, 15) is 15.0 Å². The zero-order valence-electron chi connectivity index (χ0n) is 14.1. The highest BCUT2D eigenvalue weighted by atomic mass is 16.5. The van der Waals surface area contributed by atoms with Crippen molar-refractivity contribution >= 4 is 17.3 Å². The molecule has 6 nitrogen and oxygen atoms in total. The quantitative estimate of drug-likeness (QED) is 0.477. The van der Waals surface area contributed by atoms with Crippen molar-refractivity contribution in [3.63, 3.8) is 0 Å². The van der Waals surface area contributed by atoms with E-state index in [1.54, 1.807) is 49.4 Å². The van der Waals surface area contributed by atoms with Gasteiger partial charge in [0.2, 0.25) is 5.91 Å². The number of hydrogen-bond acceptors (Lipinski definition) is 5. The average molecular weight is 342 g/mol. The third kappa shape index (κ3) is 4.74. The number of carbonyl (C=O) groups excluding carboxylic acids is 1. The molecule has 0 unspecified atom stereocenters. The molecule has 0 aromatic heterocycles. The molecule has 132 valence electrons. The van der Waals surface area contributed by atoms with Crippen molar-refractivity contribution in [2.75, 3.05) is 18.2 Å². The highest BCUT2D eigenvalue weighted by molar-refractivity contribution is 6.01. The normalized spacial score (nSPS) is 13.4. The average Bonchev–Trinajstić information content (AvgIpc) is 2.61. The molecule has 2 rings (SSSR count). The van der Waals surface area contributed by atoms with Crippen LogP contribution in [-0.4, -0.2) is 23.2 Å². The summed E-state index contributed by atoms with van der Waals surface area (Å²) < 4.78 is 4.98. The SMILES string of the molecule is COc1ccc([C@H](O)[C@@H](C)/C=C/C(=O)Nc2ccccc2N)cc1O. The van der Waals surface area contributed by atoms with E-state index in [4.69, 9.17) is 10.5 Å². The van der Waals surface area contributed by atoms with Crippen molar-refractivity contribution in [2.24, 2.45) is 5.92 Å². The Morgan fingerprint density at radius 2 is 2.00 bits per heavy atom.